The third kappa shape index (κ3) is 4.54. The number of thioether (sulfide) groups is 1. The lowest BCUT2D eigenvalue weighted by molar-refractivity contribution is -0.119. The van der Waals surface area contributed by atoms with Gasteiger partial charge in [0, 0.05) is 13.1 Å². The molecule has 2 aromatic rings. The standard InChI is InChI=1S/C16H21FN4OS/c1-4-7-11(2)18-14(22)10-23-16-20-19-15(21(16)3)12-8-5-6-9-13(12)17/h5-6,8-9,11H,4,7,10H2,1-3H3,(H,18,22)/t11-/m0/s1. The van der Waals surface area contributed by atoms with Crippen molar-refractivity contribution < 1.29 is 9.18 Å². The molecule has 0 bridgehead atoms. The smallest absolute Gasteiger partial charge is 0.230 e. The molecule has 1 aromatic carbocycles. The highest BCUT2D eigenvalue weighted by molar-refractivity contribution is 7.99. The number of benzene rings is 1. The monoisotopic (exact) mass is 336 g/mol. The van der Waals surface area contributed by atoms with Gasteiger partial charge in [0.2, 0.25) is 5.91 Å². The minimum Gasteiger partial charge on any atom is -0.353 e. The van der Waals surface area contributed by atoms with Crippen LogP contribution in [0.25, 0.3) is 11.4 Å². The lowest BCUT2D eigenvalue weighted by Crippen LogP contribution is -2.33. The molecule has 0 unspecified atom stereocenters. The third-order valence-corrected chi connectivity index (χ3v) is 4.43. The van der Waals surface area contributed by atoms with E-state index in [9.17, 15) is 9.18 Å². The van der Waals surface area contributed by atoms with Gasteiger partial charge in [-0.3, -0.25) is 4.79 Å². The van der Waals surface area contributed by atoms with E-state index < -0.39 is 0 Å². The van der Waals surface area contributed by atoms with Crippen LogP contribution < -0.4 is 5.32 Å². The minimum atomic E-state index is -0.342. The van der Waals surface area contributed by atoms with Crippen molar-refractivity contribution in [3.63, 3.8) is 0 Å². The lowest BCUT2D eigenvalue weighted by Gasteiger charge is -2.12. The van der Waals surface area contributed by atoms with Gasteiger partial charge in [0.15, 0.2) is 11.0 Å². The van der Waals surface area contributed by atoms with Crippen LogP contribution in [0.4, 0.5) is 4.39 Å². The van der Waals surface area contributed by atoms with Gasteiger partial charge in [0.1, 0.15) is 5.82 Å². The molecule has 1 amide bonds. The largest absolute Gasteiger partial charge is 0.353 e. The lowest BCUT2D eigenvalue weighted by atomic mass is 10.2. The van der Waals surface area contributed by atoms with Crippen LogP contribution in [-0.2, 0) is 11.8 Å². The van der Waals surface area contributed by atoms with Crippen LogP contribution in [0.15, 0.2) is 29.4 Å². The fraction of sp³-hybridized carbons (Fsp3) is 0.438. The van der Waals surface area contributed by atoms with E-state index >= 15 is 0 Å². The fourth-order valence-electron chi connectivity index (χ4n) is 2.27. The van der Waals surface area contributed by atoms with Crippen LogP contribution in [0.2, 0.25) is 0 Å². The second kappa shape index (κ2) is 8.10. The molecule has 0 aliphatic carbocycles. The highest BCUT2D eigenvalue weighted by Gasteiger charge is 2.15. The fourth-order valence-corrected chi connectivity index (χ4v) is 2.99. The van der Waals surface area contributed by atoms with E-state index in [1.165, 1.54) is 17.8 Å². The van der Waals surface area contributed by atoms with Gasteiger partial charge in [-0.15, -0.1) is 10.2 Å². The summed E-state index contributed by atoms with van der Waals surface area (Å²) in [5.74, 6) is 0.333. The number of nitrogens with one attached hydrogen (secondary N) is 1. The molecule has 2 rings (SSSR count). The van der Waals surface area contributed by atoms with Crippen LogP contribution in [0.1, 0.15) is 26.7 Å². The zero-order chi connectivity index (χ0) is 16.8. The molecule has 1 N–H and O–H groups in total. The van der Waals surface area contributed by atoms with E-state index in [0.717, 1.165) is 12.8 Å². The first-order valence-corrected chi connectivity index (χ1v) is 8.58. The summed E-state index contributed by atoms with van der Waals surface area (Å²) in [4.78, 5) is 11.9. The van der Waals surface area contributed by atoms with Crippen molar-refractivity contribution in [3.05, 3.63) is 30.1 Å². The second-order valence-electron chi connectivity index (χ2n) is 5.39. The summed E-state index contributed by atoms with van der Waals surface area (Å²) in [7, 11) is 1.77. The Morgan fingerprint density at radius 3 is 2.83 bits per heavy atom. The number of nitrogens with zero attached hydrogens (tertiary/aromatic N) is 3. The Hall–Kier alpha value is -1.89. The summed E-state index contributed by atoms with van der Waals surface area (Å²) >= 11 is 1.29. The number of hydrogen-bond acceptors (Lipinski definition) is 4. The first-order valence-electron chi connectivity index (χ1n) is 7.59. The Bertz CT molecular complexity index is 674. The molecule has 1 atom stereocenters. The van der Waals surface area contributed by atoms with Crippen molar-refractivity contribution in [1.29, 1.82) is 0 Å². The minimum absolute atomic E-state index is 0.0357. The topological polar surface area (TPSA) is 59.8 Å². The van der Waals surface area contributed by atoms with Crippen LogP contribution in [0.5, 0.6) is 0 Å². The van der Waals surface area contributed by atoms with Gasteiger partial charge >= 0.3 is 0 Å². The molecule has 0 aliphatic heterocycles. The van der Waals surface area contributed by atoms with E-state index in [4.69, 9.17) is 0 Å². The van der Waals surface area contributed by atoms with Crippen molar-refractivity contribution in [2.45, 2.75) is 37.9 Å². The molecular weight excluding hydrogens is 315 g/mol. The normalized spacial score (nSPS) is 12.2. The molecule has 0 saturated carbocycles. The quantitative estimate of drug-likeness (QED) is 0.790. The SMILES string of the molecule is CCC[C@H](C)NC(=O)CSc1nnc(-c2ccccc2F)n1C. The molecule has 0 radical (unpaired) electrons. The summed E-state index contributed by atoms with van der Waals surface area (Å²) in [5, 5.41) is 11.6. The number of hydrogen-bond donors (Lipinski definition) is 1. The second-order valence-corrected chi connectivity index (χ2v) is 6.33. The Morgan fingerprint density at radius 1 is 1.39 bits per heavy atom. The molecule has 0 fully saturated rings. The van der Waals surface area contributed by atoms with E-state index in [2.05, 4.69) is 22.4 Å². The molecular formula is C16H21FN4OS. The molecule has 0 spiro atoms. The Morgan fingerprint density at radius 2 is 2.13 bits per heavy atom. The first kappa shape index (κ1) is 17.5. The van der Waals surface area contributed by atoms with Crippen molar-refractivity contribution in [3.8, 4) is 11.4 Å². The average molecular weight is 336 g/mol. The number of amides is 1. The number of carbonyl (C=O) groups is 1. The van der Waals surface area contributed by atoms with Crippen LogP contribution in [0.3, 0.4) is 0 Å². The number of rotatable bonds is 7. The van der Waals surface area contributed by atoms with Crippen LogP contribution >= 0.6 is 11.8 Å². The Labute approximate surface area is 139 Å². The van der Waals surface area contributed by atoms with E-state index in [0.29, 0.717) is 16.5 Å². The van der Waals surface area contributed by atoms with Crippen LogP contribution in [0, 0.1) is 5.82 Å². The molecule has 7 heteroatoms. The molecule has 23 heavy (non-hydrogen) atoms. The van der Waals surface area contributed by atoms with Gasteiger partial charge in [-0.2, -0.15) is 0 Å². The summed E-state index contributed by atoms with van der Waals surface area (Å²) in [6.07, 6.45) is 1.99. The van der Waals surface area contributed by atoms with Crippen molar-refractivity contribution in [1.82, 2.24) is 20.1 Å². The predicted octanol–water partition coefficient (Wildman–Crippen LogP) is 3.02. The molecule has 0 saturated heterocycles. The number of aromatic nitrogens is 3. The van der Waals surface area contributed by atoms with Gasteiger partial charge in [0.05, 0.1) is 11.3 Å². The van der Waals surface area contributed by atoms with Gasteiger partial charge < -0.3 is 9.88 Å². The van der Waals surface area contributed by atoms with E-state index in [1.54, 1.807) is 29.8 Å². The summed E-state index contributed by atoms with van der Waals surface area (Å²) in [6, 6.07) is 6.60. The Kier molecular flexibility index (Phi) is 6.15. The maximum absolute atomic E-state index is 13.8. The van der Waals surface area contributed by atoms with Gasteiger partial charge in [-0.1, -0.05) is 37.2 Å². The van der Waals surface area contributed by atoms with Crippen molar-refractivity contribution in [2.75, 3.05) is 5.75 Å². The van der Waals surface area contributed by atoms with Crippen molar-refractivity contribution in [2.24, 2.45) is 7.05 Å². The van der Waals surface area contributed by atoms with Crippen molar-refractivity contribution >= 4 is 17.7 Å². The first-order chi connectivity index (χ1) is 11.0. The highest BCUT2D eigenvalue weighted by Crippen LogP contribution is 2.24. The zero-order valence-corrected chi connectivity index (χ0v) is 14.4. The molecule has 1 aromatic heterocycles. The molecule has 124 valence electrons. The van der Waals surface area contributed by atoms with Gasteiger partial charge in [-0.05, 0) is 25.5 Å². The zero-order valence-electron chi connectivity index (χ0n) is 13.5. The molecule has 0 aliphatic rings. The molecule has 1 heterocycles. The third-order valence-electron chi connectivity index (χ3n) is 3.41. The summed E-state index contributed by atoms with van der Waals surface area (Å²) in [6.45, 7) is 4.08. The maximum atomic E-state index is 13.8. The van der Waals surface area contributed by atoms with E-state index in [1.807, 2.05) is 6.92 Å². The average Bonchev–Trinajstić information content (AvgIpc) is 2.87. The van der Waals surface area contributed by atoms with Gasteiger partial charge in [0.25, 0.3) is 0 Å². The Balaban J connectivity index is 2.00. The number of halogens is 1. The van der Waals surface area contributed by atoms with E-state index in [-0.39, 0.29) is 23.5 Å². The predicted molar refractivity (Wildman–Crippen MR) is 89.6 cm³/mol. The highest BCUT2D eigenvalue weighted by atomic mass is 32.2. The summed E-state index contributed by atoms with van der Waals surface area (Å²) < 4.78 is 15.5. The van der Waals surface area contributed by atoms with Gasteiger partial charge in [-0.25, -0.2) is 4.39 Å². The summed E-state index contributed by atoms with van der Waals surface area (Å²) in [5.41, 5.74) is 0.398. The molecule has 5 nitrogen and oxygen atoms in total. The number of carbonyl (C=O) groups excluding carboxylic acids is 1. The van der Waals surface area contributed by atoms with Crippen LogP contribution in [-0.4, -0.2) is 32.5 Å². The maximum Gasteiger partial charge on any atom is 0.230 e.